The molecule has 0 aliphatic heterocycles. The molecule has 0 unspecified atom stereocenters. The summed E-state index contributed by atoms with van der Waals surface area (Å²) in [7, 11) is 0. The van der Waals surface area contributed by atoms with Crippen molar-refractivity contribution < 1.29 is 4.79 Å². The lowest BCUT2D eigenvalue weighted by molar-refractivity contribution is -0.130. The summed E-state index contributed by atoms with van der Waals surface area (Å²) in [5.74, 6) is 0.148. The Morgan fingerprint density at radius 3 is 1.68 bits per heavy atom. The second kappa shape index (κ2) is 9.00. The van der Waals surface area contributed by atoms with Gasteiger partial charge in [-0.15, -0.1) is 0 Å². The SMILES string of the molecule is NCCC(=O)N(CCc1ccccc1)CCc1ccccc1. The normalized spacial score (nSPS) is 10.4. The average molecular weight is 296 g/mol. The van der Waals surface area contributed by atoms with Gasteiger partial charge in [-0.2, -0.15) is 0 Å². The molecule has 0 heterocycles. The molecule has 22 heavy (non-hydrogen) atoms. The third-order valence-corrected chi connectivity index (χ3v) is 3.74. The van der Waals surface area contributed by atoms with E-state index in [9.17, 15) is 4.79 Å². The van der Waals surface area contributed by atoms with E-state index < -0.39 is 0 Å². The van der Waals surface area contributed by atoms with Crippen molar-refractivity contribution >= 4 is 5.91 Å². The number of hydrogen-bond donors (Lipinski definition) is 1. The number of rotatable bonds is 8. The number of carbonyl (C=O) groups excluding carboxylic acids is 1. The van der Waals surface area contributed by atoms with E-state index in [2.05, 4.69) is 24.3 Å². The molecule has 0 aliphatic rings. The molecule has 3 nitrogen and oxygen atoms in total. The summed E-state index contributed by atoms with van der Waals surface area (Å²) < 4.78 is 0. The largest absolute Gasteiger partial charge is 0.342 e. The lowest BCUT2D eigenvalue weighted by Crippen LogP contribution is -2.35. The van der Waals surface area contributed by atoms with Crippen molar-refractivity contribution in [3.63, 3.8) is 0 Å². The lowest BCUT2D eigenvalue weighted by atomic mass is 10.1. The maximum Gasteiger partial charge on any atom is 0.223 e. The van der Waals surface area contributed by atoms with Gasteiger partial charge >= 0.3 is 0 Å². The molecular weight excluding hydrogens is 272 g/mol. The fourth-order valence-corrected chi connectivity index (χ4v) is 2.46. The molecule has 0 radical (unpaired) electrons. The topological polar surface area (TPSA) is 46.3 Å². The Morgan fingerprint density at radius 2 is 1.27 bits per heavy atom. The highest BCUT2D eigenvalue weighted by Gasteiger charge is 2.12. The number of hydrogen-bond acceptors (Lipinski definition) is 2. The van der Waals surface area contributed by atoms with Crippen LogP contribution in [-0.4, -0.2) is 30.4 Å². The smallest absolute Gasteiger partial charge is 0.223 e. The molecule has 0 saturated heterocycles. The van der Waals surface area contributed by atoms with Crippen LogP contribution < -0.4 is 5.73 Å². The number of amides is 1. The van der Waals surface area contributed by atoms with Gasteiger partial charge in [-0.25, -0.2) is 0 Å². The van der Waals surface area contributed by atoms with E-state index >= 15 is 0 Å². The van der Waals surface area contributed by atoms with Crippen LogP contribution in [0.5, 0.6) is 0 Å². The zero-order chi connectivity index (χ0) is 15.6. The van der Waals surface area contributed by atoms with Crippen molar-refractivity contribution in [3.05, 3.63) is 71.8 Å². The molecule has 0 spiro atoms. The summed E-state index contributed by atoms with van der Waals surface area (Å²) >= 11 is 0. The number of carbonyl (C=O) groups is 1. The lowest BCUT2D eigenvalue weighted by Gasteiger charge is -2.23. The van der Waals surface area contributed by atoms with Crippen molar-refractivity contribution in [2.75, 3.05) is 19.6 Å². The molecular formula is C19H24N2O. The molecule has 2 aromatic carbocycles. The Morgan fingerprint density at radius 1 is 0.818 bits per heavy atom. The van der Waals surface area contributed by atoms with Crippen molar-refractivity contribution in [2.24, 2.45) is 5.73 Å². The molecule has 0 aromatic heterocycles. The zero-order valence-electron chi connectivity index (χ0n) is 12.9. The van der Waals surface area contributed by atoms with Gasteiger partial charge in [0.15, 0.2) is 0 Å². The quantitative estimate of drug-likeness (QED) is 0.814. The van der Waals surface area contributed by atoms with E-state index in [0.717, 1.165) is 25.9 Å². The van der Waals surface area contributed by atoms with E-state index in [4.69, 9.17) is 5.73 Å². The van der Waals surface area contributed by atoms with Gasteiger partial charge in [0.05, 0.1) is 0 Å². The molecule has 0 bridgehead atoms. The van der Waals surface area contributed by atoms with Crippen LogP contribution in [0.1, 0.15) is 17.5 Å². The van der Waals surface area contributed by atoms with E-state index in [1.165, 1.54) is 11.1 Å². The Hall–Kier alpha value is -2.13. The van der Waals surface area contributed by atoms with Crippen LogP contribution in [0.4, 0.5) is 0 Å². The Labute approximate surface area is 132 Å². The minimum atomic E-state index is 0.148. The van der Waals surface area contributed by atoms with Crippen molar-refractivity contribution in [1.82, 2.24) is 4.90 Å². The predicted octanol–water partition coefficient (Wildman–Crippen LogP) is 2.65. The highest BCUT2D eigenvalue weighted by molar-refractivity contribution is 5.76. The standard InChI is InChI=1S/C19H24N2O/c20-14-11-19(22)21(15-12-17-7-3-1-4-8-17)16-13-18-9-5-2-6-10-18/h1-10H,11-16,20H2. The summed E-state index contributed by atoms with van der Waals surface area (Å²) in [5.41, 5.74) is 8.05. The van der Waals surface area contributed by atoms with E-state index in [-0.39, 0.29) is 5.91 Å². The zero-order valence-corrected chi connectivity index (χ0v) is 12.9. The fraction of sp³-hybridized carbons (Fsp3) is 0.316. The third kappa shape index (κ3) is 5.34. The Bertz CT molecular complexity index is 511. The second-order valence-corrected chi connectivity index (χ2v) is 5.39. The number of benzene rings is 2. The van der Waals surface area contributed by atoms with Gasteiger partial charge in [-0.1, -0.05) is 60.7 Å². The average Bonchev–Trinajstić information content (AvgIpc) is 2.57. The summed E-state index contributed by atoms with van der Waals surface area (Å²) in [6, 6.07) is 20.6. The maximum atomic E-state index is 12.2. The van der Waals surface area contributed by atoms with Crippen molar-refractivity contribution in [1.29, 1.82) is 0 Å². The monoisotopic (exact) mass is 296 g/mol. The molecule has 0 saturated carbocycles. The molecule has 0 aliphatic carbocycles. The Balaban J connectivity index is 1.92. The van der Waals surface area contributed by atoms with Crippen LogP contribution >= 0.6 is 0 Å². The number of nitrogens with zero attached hydrogens (tertiary/aromatic N) is 1. The summed E-state index contributed by atoms with van der Waals surface area (Å²) in [4.78, 5) is 14.2. The molecule has 2 rings (SSSR count). The molecule has 116 valence electrons. The summed E-state index contributed by atoms with van der Waals surface area (Å²) in [6.45, 7) is 1.90. The molecule has 0 atom stereocenters. The fourth-order valence-electron chi connectivity index (χ4n) is 2.46. The van der Waals surface area contributed by atoms with Crippen LogP contribution in [0, 0.1) is 0 Å². The maximum absolute atomic E-state index is 12.2. The van der Waals surface area contributed by atoms with Crippen LogP contribution in [0.2, 0.25) is 0 Å². The van der Waals surface area contributed by atoms with E-state index in [1.54, 1.807) is 0 Å². The van der Waals surface area contributed by atoms with Crippen molar-refractivity contribution in [3.8, 4) is 0 Å². The highest BCUT2D eigenvalue weighted by atomic mass is 16.2. The molecule has 0 fully saturated rings. The van der Waals surface area contributed by atoms with Crippen molar-refractivity contribution in [2.45, 2.75) is 19.3 Å². The van der Waals surface area contributed by atoms with Crippen LogP contribution in [0.15, 0.2) is 60.7 Å². The number of nitrogens with two attached hydrogens (primary N) is 1. The molecule has 3 heteroatoms. The van der Waals surface area contributed by atoms with Gasteiger partial charge in [-0.05, 0) is 24.0 Å². The first kappa shape index (κ1) is 16.2. The van der Waals surface area contributed by atoms with E-state index in [1.807, 2.05) is 41.3 Å². The molecule has 1 amide bonds. The van der Waals surface area contributed by atoms with Gasteiger partial charge in [0.25, 0.3) is 0 Å². The predicted molar refractivity (Wildman–Crippen MR) is 90.5 cm³/mol. The second-order valence-electron chi connectivity index (χ2n) is 5.39. The van der Waals surface area contributed by atoms with Gasteiger partial charge in [-0.3, -0.25) is 4.79 Å². The van der Waals surface area contributed by atoms with Gasteiger partial charge in [0.2, 0.25) is 5.91 Å². The summed E-state index contributed by atoms with van der Waals surface area (Å²) in [5, 5.41) is 0. The minimum absolute atomic E-state index is 0.148. The van der Waals surface area contributed by atoms with E-state index in [0.29, 0.717) is 13.0 Å². The first-order valence-corrected chi connectivity index (χ1v) is 7.85. The first-order chi connectivity index (χ1) is 10.8. The summed E-state index contributed by atoms with van der Waals surface area (Å²) in [6.07, 6.45) is 2.18. The van der Waals surface area contributed by atoms with Crippen LogP contribution in [0.3, 0.4) is 0 Å². The van der Waals surface area contributed by atoms with Gasteiger partial charge in [0, 0.05) is 26.1 Å². The molecule has 2 aromatic rings. The first-order valence-electron chi connectivity index (χ1n) is 7.85. The van der Waals surface area contributed by atoms with Crippen LogP contribution in [0.25, 0.3) is 0 Å². The van der Waals surface area contributed by atoms with Gasteiger partial charge in [0.1, 0.15) is 0 Å². The van der Waals surface area contributed by atoms with Crippen LogP contribution in [-0.2, 0) is 17.6 Å². The highest BCUT2D eigenvalue weighted by Crippen LogP contribution is 2.06. The van der Waals surface area contributed by atoms with Gasteiger partial charge < -0.3 is 10.6 Å². The third-order valence-electron chi connectivity index (χ3n) is 3.74. The minimum Gasteiger partial charge on any atom is -0.342 e. The Kier molecular flexibility index (Phi) is 6.65. The molecule has 2 N–H and O–H groups in total.